The number of aromatic nitrogens is 5. The van der Waals surface area contributed by atoms with Crippen LogP contribution in [0.2, 0.25) is 0 Å². The molecule has 0 bridgehead atoms. The van der Waals surface area contributed by atoms with Crippen LogP contribution in [-0.2, 0) is 0 Å². The van der Waals surface area contributed by atoms with Gasteiger partial charge >= 0.3 is 6.18 Å². The third kappa shape index (κ3) is 4.11. The SMILES string of the molecule is Cc1ncccc1-c1nc2c(C)c(F)ccc2cc1C(Nc1ncnc2cccnc12)C(F)(F)F. The molecule has 0 amide bonds. The first-order valence-corrected chi connectivity index (χ1v) is 10.6. The topological polar surface area (TPSA) is 76.5 Å². The number of hydrogen-bond acceptors (Lipinski definition) is 6. The van der Waals surface area contributed by atoms with Crippen LogP contribution in [0.1, 0.15) is 22.9 Å². The minimum absolute atomic E-state index is 0.0537. The van der Waals surface area contributed by atoms with E-state index in [0.29, 0.717) is 22.2 Å². The van der Waals surface area contributed by atoms with Crippen molar-refractivity contribution in [2.75, 3.05) is 5.32 Å². The molecule has 5 aromatic rings. The van der Waals surface area contributed by atoms with Gasteiger partial charge in [0.25, 0.3) is 0 Å². The molecule has 5 rings (SSSR count). The summed E-state index contributed by atoms with van der Waals surface area (Å²) in [4.78, 5) is 21.0. The highest BCUT2D eigenvalue weighted by molar-refractivity contribution is 5.88. The lowest BCUT2D eigenvalue weighted by atomic mass is 9.95. The first kappa shape index (κ1) is 22.6. The number of aryl methyl sites for hydroxylation is 2. The molecule has 0 saturated carbocycles. The zero-order valence-electron chi connectivity index (χ0n) is 18.6. The van der Waals surface area contributed by atoms with Crippen molar-refractivity contribution in [3.63, 3.8) is 0 Å². The number of halogens is 4. The number of fused-ring (bicyclic) bond motifs is 2. The van der Waals surface area contributed by atoms with E-state index in [9.17, 15) is 17.6 Å². The molecule has 35 heavy (non-hydrogen) atoms. The Morgan fingerprint density at radius 2 is 1.66 bits per heavy atom. The van der Waals surface area contributed by atoms with E-state index < -0.39 is 18.0 Å². The molecule has 6 nitrogen and oxygen atoms in total. The van der Waals surface area contributed by atoms with E-state index >= 15 is 0 Å². The van der Waals surface area contributed by atoms with Gasteiger partial charge in [-0.25, -0.2) is 19.3 Å². The molecule has 0 fully saturated rings. The molecular weight excluding hydrogens is 460 g/mol. The van der Waals surface area contributed by atoms with Crippen LogP contribution in [0.3, 0.4) is 0 Å². The van der Waals surface area contributed by atoms with E-state index in [4.69, 9.17) is 0 Å². The van der Waals surface area contributed by atoms with Gasteiger partial charge < -0.3 is 5.32 Å². The van der Waals surface area contributed by atoms with Crippen LogP contribution in [0.4, 0.5) is 23.4 Å². The van der Waals surface area contributed by atoms with Crippen molar-refractivity contribution in [3.05, 3.63) is 83.8 Å². The molecule has 4 heterocycles. The Labute approximate surface area is 197 Å². The molecule has 0 spiro atoms. The van der Waals surface area contributed by atoms with Crippen molar-refractivity contribution in [2.45, 2.75) is 26.1 Å². The van der Waals surface area contributed by atoms with E-state index in [1.165, 1.54) is 30.7 Å². The van der Waals surface area contributed by atoms with Gasteiger partial charge in [-0.3, -0.25) is 9.97 Å². The van der Waals surface area contributed by atoms with E-state index in [1.807, 2.05) is 0 Å². The van der Waals surface area contributed by atoms with Gasteiger partial charge in [0.1, 0.15) is 17.7 Å². The maximum Gasteiger partial charge on any atom is 0.412 e. The molecule has 1 aromatic carbocycles. The van der Waals surface area contributed by atoms with Crippen LogP contribution < -0.4 is 5.32 Å². The lowest BCUT2D eigenvalue weighted by Crippen LogP contribution is -2.29. The van der Waals surface area contributed by atoms with Crippen LogP contribution in [-0.4, -0.2) is 31.1 Å². The molecule has 0 aliphatic carbocycles. The molecule has 1 N–H and O–H groups in total. The van der Waals surface area contributed by atoms with Crippen LogP contribution in [0, 0.1) is 19.7 Å². The van der Waals surface area contributed by atoms with E-state index in [1.54, 1.807) is 44.3 Å². The Hall–Kier alpha value is -4.21. The van der Waals surface area contributed by atoms with Crippen molar-refractivity contribution in [1.29, 1.82) is 0 Å². The molecule has 0 aliphatic heterocycles. The summed E-state index contributed by atoms with van der Waals surface area (Å²) < 4.78 is 58.1. The number of anilines is 1. The summed E-state index contributed by atoms with van der Waals surface area (Å²) in [6, 6.07) is 8.37. The van der Waals surface area contributed by atoms with E-state index in [-0.39, 0.29) is 33.7 Å². The number of rotatable bonds is 4. The smallest absolute Gasteiger partial charge is 0.353 e. The van der Waals surface area contributed by atoms with Gasteiger partial charge in [0, 0.05) is 40.2 Å². The first-order chi connectivity index (χ1) is 16.7. The van der Waals surface area contributed by atoms with Crippen molar-refractivity contribution in [2.24, 2.45) is 0 Å². The monoisotopic (exact) mass is 478 g/mol. The lowest BCUT2D eigenvalue weighted by molar-refractivity contribution is -0.143. The second-order valence-electron chi connectivity index (χ2n) is 8.02. The number of benzene rings is 1. The average molecular weight is 478 g/mol. The highest BCUT2D eigenvalue weighted by Crippen LogP contribution is 2.42. The number of alkyl halides is 3. The average Bonchev–Trinajstić information content (AvgIpc) is 2.84. The third-order valence-electron chi connectivity index (χ3n) is 5.78. The van der Waals surface area contributed by atoms with Crippen LogP contribution in [0.5, 0.6) is 0 Å². The predicted octanol–water partition coefficient (Wildman–Crippen LogP) is 6.11. The molecule has 0 saturated heterocycles. The molecule has 0 aliphatic rings. The maximum absolute atomic E-state index is 14.6. The summed E-state index contributed by atoms with van der Waals surface area (Å²) >= 11 is 0. The van der Waals surface area contributed by atoms with Gasteiger partial charge in [-0.05, 0) is 56.3 Å². The van der Waals surface area contributed by atoms with Gasteiger partial charge in [-0.2, -0.15) is 13.2 Å². The minimum atomic E-state index is -4.73. The van der Waals surface area contributed by atoms with E-state index in [2.05, 4.69) is 30.2 Å². The zero-order chi connectivity index (χ0) is 24.7. The fraction of sp³-hybridized carbons (Fsp3) is 0.160. The Kier molecular flexibility index (Phi) is 5.50. The van der Waals surface area contributed by atoms with Crippen molar-refractivity contribution in [3.8, 4) is 11.3 Å². The molecule has 0 radical (unpaired) electrons. The Balaban J connectivity index is 1.78. The van der Waals surface area contributed by atoms with Gasteiger partial charge in [-0.1, -0.05) is 0 Å². The second-order valence-corrected chi connectivity index (χ2v) is 8.02. The minimum Gasteiger partial charge on any atom is -0.353 e. The van der Waals surface area contributed by atoms with Gasteiger partial charge in [0.15, 0.2) is 11.9 Å². The second kappa shape index (κ2) is 8.53. The molecule has 4 aromatic heterocycles. The number of nitrogens with zero attached hydrogens (tertiary/aromatic N) is 5. The van der Waals surface area contributed by atoms with Crippen molar-refractivity contribution < 1.29 is 17.6 Å². The molecule has 1 atom stereocenters. The normalized spacial score (nSPS) is 12.7. The highest BCUT2D eigenvalue weighted by atomic mass is 19.4. The van der Waals surface area contributed by atoms with Crippen molar-refractivity contribution in [1.82, 2.24) is 24.9 Å². The maximum atomic E-state index is 14.6. The fourth-order valence-electron chi connectivity index (χ4n) is 4.02. The first-order valence-electron chi connectivity index (χ1n) is 10.6. The summed E-state index contributed by atoms with van der Waals surface area (Å²) in [5.41, 5.74) is 1.95. The molecular formula is C25H18F4N6. The Bertz CT molecular complexity index is 1560. The summed E-state index contributed by atoms with van der Waals surface area (Å²) in [6.45, 7) is 3.23. The van der Waals surface area contributed by atoms with Crippen LogP contribution >= 0.6 is 0 Å². The molecule has 10 heteroatoms. The molecule has 1 unspecified atom stereocenters. The largest absolute Gasteiger partial charge is 0.412 e. The Morgan fingerprint density at radius 1 is 0.886 bits per heavy atom. The number of hydrogen-bond donors (Lipinski definition) is 1. The van der Waals surface area contributed by atoms with E-state index in [0.717, 1.165) is 0 Å². The number of pyridine rings is 3. The molecule has 176 valence electrons. The van der Waals surface area contributed by atoms with Crippen LogP contribution in [0.15, 0.2) is 61.2 Å². The van der Waals surface area contributed by atoms with Gasteiger partial charge in [-0.15, -0.1) is 0 Å². The predicted molar refractivity (Wildman–Crippen MR) is 124 cm³/mol. The van der Waals surface area contributed by atoms with Crippen molar-refractivity contribution >= 4 is 27.8 Å². The lowest BCUT2D eigenvalue weighted by Gasteiger charge is -2.25. The summed E-state index contributed by atoms with van der Waals surface area (Å²) in [5, 5.41) is 2.91. The summed E-state index contributed by atoms with van der Waals surface area (Å²) in [7, 11) is 0. The van der Waals surface area contributed by atoms with Gasteiger partial charge in [0.05, 0.1) is 16.7 Å². The quantitative estimate of drug-likeness (QED) is 0.314. The third-order valence-corrected chi connectivity index (χ3v) is 5.78. The summed E-state index contributed by atoms with van der Waals surface area (Å²) in [6.07, 6.45) is -0.556. The highest BCUT2D eigenvalue weighted by Gasteiger charge is 2.43. The standard InChI is InChI=1S/C25H18F4N6/c1-13-18(26)8-7-15-11-17(21(34-20(13)15)16-5-3-9-30-14(16)2)23(25(27,28)29)35-24-22-19(32-12-33-24)6-4-10-31-22/h3-12,23H,1-2H3,(H,32,33,35). The Morgan fingerprint density at radius 3 is 2.43 bits per heavy atom. The number of nitrogens with one attached hydrogen (secondary N) is 1. The van der Waals surface area contributed by atoms with Gasteiger partial charge in [0.2, 0.25) is 0 Å². The fourth-order valence-corrected chi connectivity index (χ4v) is 4.02. The zero-order valence-corrected chi connectivity index (χ0v) is 18.6. The van der Waals surface area contributed by atoms with Crippen LogP contribution in [0.25, 0.3) is 33.2 Å². The summed E-state index contributed by atoms with van der Waals surface area (Å²) in [5.74, 6) is -0.558.